The number of hydrogen-bond acceptors (Lipinski definition) is 7. The van der Waals surface area contributed by atoms with Gasteiger partial charge in [0.2, 0.25) is 0 Å². The van der Waals surface area contributed by atoms with E-state index in [1.165, 1.54) is 19.4 Å². The molecule has 1 N–H and O–H groups in total. The normalized spacial score (nSPS) is 48.6. The van der Waals surface area contributed by atoms with Gasteiger partial charge in [-0.1, -0.05) is 18.6 Å². The molecular formula is C19H26O7. The minimum atomic E-state index is -0.986. The fourth-order valence-corrected chi connectivity index (χ4v) is 5.60. The van der Waals surface area contributed by atoms with Crippen molar-refractivity contribution in [3.8, 4) is 0 Å². The van der Waals surface area contributed by atoms with E-state index < -0.39 is 40.7 Å². The van der Waals surface area contributed by atoms with E-state index in [4.69, 9.17) is 18.9 Å². The SMILES string of the molecule is CC(=O)OC[C@]12CCC(C)=C[C@H]1O[C@@H]1C(O)C(OC(C)=O)[C@@]2(C)[C@]12CO2. The lowest BCUT2D eigenvalue weighted by Crippen LogP contribution is -2.66. The molecule has 1 spiro atoms. The van der Waals surface area contributed by atoms with Crippen molar-refractivity contribution in [3.63, 3.8) is 0 Å². The van der Waals surface area contributed by atoms with E-state index in [0.29, 0.717) is 13.0 Å². The lowest BCUT2D eigenvalue weighted by molar-refractivity contribution is -0.233. The molecular weight excluding hydrogens is 340 g/mol. The lowest BCUT2D eigenvalue weighted by atomic mass is 9.51. The molecule has 2 saturated heterocycles. The van der Waals surface area contributed by atoms with Crippen LogP contribution in [0.15, 0.2) is 11.6 Å². The van der Waals surface area contributed by atoms with Gasteiger partial charge < -0.3 is 24.1 Å². The Morgan fingerprint density at radius 1 is 1.35 bits per heavy atom. The van der Waals surface area contributed by atoms with E-state index in [9.17, 15) is 14.7 Å². The van der Waals surface area contributed by atoms with E-state index in [1.54, 1.807) is 0 Å². The van der Waals surface area contributed by atoms with E-state index in [-0.39, 0.29) is 18.7 Å². The zero-order chi connectivity index (χ0) is 18.9. The Morgan fingerprint density at radius 2 is 2.04 bits per heavy atom. The maximum Gasteiger partial charge on any atom is 0.303 e. The molecule has 2 aliphatic carbocycles. The minimum Gasteiger partial charge on any atom is -0.465 e. The quantitative estimate of drug-likeness (QED) is 0.454. The van der Waals surface area contributed by atoms with Crippen molar-refractivity contribution in [2.24, 2.45) is 10.8 Å². The van der Waals surface area contributed by atoms with Crippen LogP contribution in [0.1, 0.15) is 40.5 Å². The van der Waals surface area contributed by atoms with Crippen LogP contribution in [0.2, 0.25) is 0 Å². The number of epoxide rings is 1. The van der Waals surface area contributed by atoms with Crippen molar-refractivity contribution < 1.29 is 33.6 Å². The lowest BCUT2D eigenvalue weighted by Gasteiger charge is -2.58. The molecule has 0 aromatic carbocycles. The molecule has 26 heavy (non-hydrogen) atoms. The first-order chi connectivity index (χ1) is 12.2. The number of carbonyl (C=O) groups excluding carboxylic acids is 2. The number of fused-ring (bicyclic) bond motifs is 2. The van der Waals surface area contributed by atoms with Gasteiger partial charge in [0.25, 0.3) is 0 Å². The highest BCUT2D eigenvalue weighted by Crippen LogP contribution is 2.72. The topological polar surface area (TPSA) is 94.6 Å². The molecule has 0 aromatic heterocycles. The standard InChI is InChI=1S/C19H26O7/c1-10-5-6-18(8-23-11(2)20)13(7-10)26-16-14(22)15(25-12(3)21)17(18,4)19(16)9-24-19/h7,13-16,22H,5-6,8-9H2,1-4H3/t13-,14?,15?,16-,17-,18-,19+/m1/s1. The molecule has 7 atom stereocenters. The first-order valence-corrected chi connectivity index (χ1v) is 9.13. The zero-order valence-electron chi connectivity index (χ0n) is 15.6. The number of hydrogen-bond donors (Lipinski definition) is 1. The van der Waals surface area contributed by atoms with Crippen molar-refractivity contribution in [1.29, 1.82) is 0 Å². The number of ether oxygens (including phenoxy) is 4. The summed E-state index contributed by atoms with van der Waals surface area (Å²) in [4.78, 5) is 23.4. The largest absolute Gasteiger partial charge is 0.465 e. The molecule has 144 valence electrons. The smallest absolute Gasteiger partial charge is 0.303 e. The number of allylic oxidation sites excluding steroid dienone is 1. The van der Waals surface area contributed by atoms with Gasteiger partial charge >= 0.3 is 11.9 Å². The predicted octanol–water partition coefficient (Wildman–Crippen LogP) is 1.12. The Hall–Kier alpha value is -1.44. The highest BCUT2D eigenvalue weighted by Gasteiger charge is 2.85. The molecule has 3 fully saturated rings. The third kappa shape index (κ3) is 2.05. The van der Waals surface area contributed by atoms with Gasteiger partial charge in [-0.15, -0.1) is 0 Å². The second-order valence-electron chi connectivity index (χ2n) is 8.33. The molecule has 2 heterocycles. The Bertz CT molecular complexity index is 681. The van der Waals surface area contributed by atoms with Crippen molar-refractivity contribution >= 4 is 11.9 Å². The summed E-state index contributed by atoms with van der Waals surface area (Å²) >= 11 is 0. The van der Waals surface area contributed by atoms with Crippen molar-refractivity contribution in [1.82, 2.24) is 0 Å². The summed E-state index contributed by atoms with van der Waals surface area (Å²) in [5.41, 5.74) is -0.890. The maximum atomic E-state index is 11.8. The Labute approximate surface area is 152 Å². The molecule has 4 aliphatic rings. The second kappa shape index (κ2) is 5.53. The third-order valence-corrected chi connectivity index (χ3v) is 7.08. The van der Waals surface area contributed by atoms with E-state index in [2.05, 4.69) is 6.08 Å². The summed E-state index contributed by atoms with van der Waals surface area (Å²) in [6.07, 6.45) is 0.896. The molecule has 7 heteroatoms. The van der Waals surface area contributed by atoms with Gasteiger partial charge in [-0.2, -0.15) is 0 Å². The number of aliphatic hydroxyl groups excluding tert-OH is 1. The minimum absolute atomic E-state index is 0.135. The van der Waals surface area contributed by atoms with Gasteiger partial charge in [-0.25, -0.2) is 0 Å². The van der Waals surface area contributed by atoms with Crippen LogP contribution in [0, 0.1) is 10.8 Å². The van der Waals surface area contributed by atoms with Crippen LogP contribution < -0.4 is 0 Å². The third-order valence-electron chi connectivity index (χ3n) is 7.08. The molecule has 1 saturated carbocycles. The zero-order valence-corrected chi connectivity index (χ0v) is 15.6. The fraction of sp³-hybridized carbons (Fsp3) is 0.789. The number of esters is 2. The summed E-state index contributed by atoms with van der Waals surface area (Å²) in [5, 5.41) is 10.9. The summed E-state index contributed by atoms with van der Waals surface area (Å²) in [6, 6.07) is 0. The van der Waals surface area contributed by atoms with Crippen molar-refractivity contribution in [2.75, 3.05) is 13.2 Å². The van der Waals surface area contributed by atoms with Gasteiger partial charge in [-0.3, -0.25) is 9.59 Å². The highest BCUT2D eigenvalue weighted by atomic mass is 16.7. The first kappa shape index (κ1) is 17.9. The highest BCUT2D eigenvalue weighted by molar-refractivity contribution is 5.67. The molecule has 0 radical (unpaired) electrons. The van der Waals surface area contributed by atoms with Crippen LogP contribution in [0.5, 0.6) is 0 Å². The van der Waals surface area contributed by atoms with Crippen LogP contribution in [0.4, 0.5) is 0 Å². The summed E-state index contributed by atoms with van der Waals surface area (Å²) in [7, 11) is 0. The second-order valence-corrected chi connectivity index (χ2v) is 8.33. The number of aliphatic hydroxyl groups is 1. The van der Waals surface area contributed by atoms with Crippen LogP contribution in [-0.4, -0.2) is 60.3 Å². The molecule has 4 rings (SSSR count). The average molecular weight is 366 g/mol. The predicted molar refractivity (Wildman–Crippen MR) is 89.1 cm³/mol. The molecule has 2 bridgehead atoms. The Kier molecular flexibility index (Phi) is 3.82. The number of carbonyl (C=O) groups is 2. The van der Waals surface area contributed by atoms with Crippen LogP contribution in [0.25, 0.3) is 0 Å². The van der Waals surface area contributed by atoms with Crippen molar-refractivity contribution in [2.45, 2.75) is 70.6 Å². The van der Waals surface area contributed by atoms with Gasteiger partial charge in [0, 0.05) is 19.3 Å². The van der Waals surface area contributed by atoms with Crippen LogP contribution in [0.3, 0.4) is 0 Å². The van der Waals surface area contributed by atoms with E-state index >= 15 is 0 Å². The molecule has 7 nitrogen and oxygen atoms in total. The fourth-order valence-electron chi connectivity index (χ4n) is 5.60. The van der Waals surface area contributed by atoms with E-state index in [0.717, 1.165) is 6.42 Å². The molecule has 0 amide bonds. The Balaban J connectivity index is 1.86. The van der Waals surface area contributed by atoms with Crippen LogP contribution in [-0.2, 0) is 28.5 Å². The van der Waals surface area contributed by atoms with E-state index in [1.807, 2.05) is 13.8 Å². The molecule has 2 unspecified atom stereocenters. The average Bonchev–Trinajstić information content (AvgIpc) is 3.34. The molecule has 0 aromatic rings. The first-order valence-electron chi connectivity index (χ1n) is 9.13. The van der Waals surface area contributed by atoms with Gasteiger partial charge in [0.15, 0.2) is 0 Å². The van der Waals surface area contributed by atoms with Gasteiger partial charge in [0.1, 0.15) is 30.5 Å². The molecule has 2 aliphatic heterocycles. The number of rotatable bonds is 3. The summed E-state index contributed by atoms with van der Waals surface area (Å²) in [6.45, 7) is 7.31. The Morgan fingerprint density at radius 3 is 2.62 bits per heavy atom. The van der Waals surface area contributed by atoms with Crippen molar-refractivity contribution in [3.05, 3.63) is 11.6 Å². The summed E-state index contributed by atoms with van der Waals surface area (Å²) in [5.74, 6) is -0.830. The van der Waals surface area contributed by atoms with Gasteiger partial charge in [-0.05, 0) is 19.8 Å². The monoisotopic (exact) mass is 366 g/mol. The van der Waals surface area contributed by atoms with Gasteiger partial charge in [0.05, 0.1) is 18.1 Å². The summed E-state index contributed by atoms with van der Waals surface area (Å²) < 4.78 is 23.3. The maximum absolute atomic E-state index is 11.8. The van der Waals surface area contributed by atoms with Crippen LogP contribution >= 0.6 is 0 Å².